The fourth-order valence-electron chi connectivity index (χ4n) is 1.19. The van der Waals surface area contributed by atoms with Gasteiger partial charge in [0.1, 0.15) is 0 Å². The van der Waals surface area contributed by atoms with E-state index in [4.69, 9.17) is 0 Å². The summed E-state index contributed by atoms with van der Waals surface area (Å²) >= 11 is 0. The molecule has 0 rings (SSSR count). The molecule has 0 aliphatic carbocycles. The molecule has 0 amide bonds. The van der Waals surface area contributed by atoms with Gasteiger partial charge >= 0.3 is 5.97 Å². The molecule has 3 nitrogen and oxygen atoms in total. The Bertz CT molecular complexity index is 197. The molecule has 0 aromatic heterocycles. The maximum atomic E-state index is 11.0. The molecule has 0 heterocycles. The first-order valence-corrected chi connectivity index (χ1v) is 4.86. The third kappa shape index (κ3) is 5.02. The van der Waals surface area contributed by atoms with Crippen LogP contribution in [0.2, 0.25) is 0 Å². The van der Waals surface area contributed by atoms with Crippen LogP contribution < -0.4 is 0 Å². The topological polar surface area (TPSA) is 46.5 Å². The maximum Gasteiger partial charge on any atom is 0.308 e. The lowest BCUT2D eigenvalue weighted by atomic mass is 9.95. The predicted octanol–water partition coefficient (Wildman–Crippen LogP) is 1.90. The average Bonchev–Trinajstić information content (AvgIpc) is 2.16. The molecule has 0 spiro atoms. The number of methoxy groups -OCH3 is 1. The van der Waals surface area contributed by atoms with E-state index in [1.54, 1.807) is 6.92 Å². The molecule has 3 heteroatoms. The lowest BCUT2D eigenvalue weighted by Crippen LogP contribution is -2.21. The van der Waals surface area contributed by atoms with Gasteiger partial charge in [-0.1, -0.05) is 13.0 Å². The van der Waals surface area contributed by atoms with Crippen molar-refractivity contribution in [1.82, 2.24) is 0 Å². The van der Waals surface area contributed by atoms with E-state index < -0.39 is 5.60 Å². The van der Waals surface area contributed by atoms with Gasteiger partial charge in [0.15, 0.2) is 0 Å². The molecule has 0 radical (unpaired) electrons. The Kier molecular flexibility index (Phi) is 5.46. The molecule has 0 bridgehead atoms. The van der Waals surface area contributed by atoms with Crippen LogP contribution in [0.5, 0.6) is 0 Å². The fraction of sp³-hybridized carbons (Fsp3) is 0.727. The van der Waals surface area contributed by atoms with Crippen LogP contribution in [0.15, 0.2) is 12.7 Å². The van der Waals surface area contributed by atoms with E-state index in [0.29, 0.717) is 6.42 Å². The molecule has 0 aliphatic heterocycles. The van der Waals surface area contributed by atoms with E-state index in [9.17, 15) is 9.90 Å². The van der Waals surface area contributed by atoms with Crippen LogP contribution in [0.25, 0.3) is 0 Å². The molecular weight excluding hydrogens is 180 g/mol. The highest BCUT2D eigenvalue weighted by molar-refractivity contribution is 5.71. The van der Waals surface area contributed by atoms with E-state index >= 15 is 0 Å². The smallest absolute Gasteiger partial charge is 0.308 e. The minimum absolute atomic E-state index is 0.0967. The molecule has 0 fully saturated rings. The summed E-state index contributed by atoms with van der Waals surface area (Å²) in [5, 5.41) is 9.60. The lowest BCUT2D eigenvalue weighted by Gasteiger charge is -2.18. The summed E-state index contributed by atoms with van der Waals surface area (Å²) in [5.41, 5.74) is -0.824. The largest absolute Gasteiger partial charge is 0.469 e. The van der Waals surface area contributed by atoms with Crippen LogP contribution in [0.3, 0.4) is 0 Å². The Morgan fingerprint density at radius 2 is 2.29 bits per heavy atom. The number of ether oxygens (including phenoxy) is 1. The van der Waals surface area contributed by atoms with Crippen molar-refractivity contribution in [3.63, 3.8) is 0 Å². The first-order valence-electron chi connectivity index (χ1n) is 4.86. The first kappa shape index (κ1) is 13.2. The highest BCUT2D eigenvalue weighted by Gasteiger charge is 2.17. The van der Waals surface area contributed by atoms with Crippen LogP contribution in [0.1, 0.15) is 33.1 Å². The van der Waals surface area contributed by atoms with Gasteiger partial charge in [0.25, 0.3) is 0 Å². The molecule has 0 aromatic carbocycles. The van der Waals surface area contributed by atoms with Crippen molar-refractivity contribution < 1.29 is 14.6 Å². The van der Waals surface area contributed by atoms with E-state index in [1.807, 2.05) is 6.92 Å². The lowest BCUT2D eigenvalue weighted by molar-refractivity contribution is -0.145. The van der Waals surface area contributed by atoms with E-state index in [0.717, 1.165) is 12.8 Å². The number of carbonyl (C=O) groups excluding carboxylic acids is 1. The van der Waals surface area contributed by atoms with Gasteiger partial charge in [-0.3, -0.25) is 4.79 Å². The van der Waals surface area contributed by atoms with Gasteiger partial charge in [0, 0.05) is 0 Å². The number of carbonyl (C=O) groups is 1. The second kappa shape index (κ2) is 5.81. The molecular formula is C11H20O3. The van der Waals surface area contributed by atoms with Crippen LogP contribution in [0, 0.1) is 5.92 Å². The average molecular weight is 200 g/mol. The van der Waals surface area contributed by atoms with Gasteiger partial charge in [-0.05, 0) is 26.2 Å². The number of rotatable bonds is 6. The molecule has 0 aliphatic rings. The Morgan fingerprint density at radius 1 is 1.71 bits per heavy atom. The van der Waals surface area contributed by atoms with Crippen molar-refractivity contribution in [2.45, 2.75) is 38.7 Å². The zero-order valence-electron chi connectivity index (χ0n) is 9.25. The van der Waals surface area contributed by atoms with Gasteiger partial charge in [0.05, 0.1) is 18.6 Å². The summed E-state index contributed by atoms with van der Waals surface area (Å²) in [7, 11) is 1.39. The summed E-state index contributed by atoms with van der Waals surface area (Å²) in [6, 6.07) is 0. The number of aliphatic hydroxyl groups is 1. The van der Waals surface area contributed by atoms with Crippen LogP contribution >= 0.6 is 0 Å². The SMILES string of the molecule is C=CC(C)(O)CCCC(C)C(=O)OC. The minimum Gasteiger partial charge on any atom is -0.469 e. The minimum atomic E-state index is -0.824. The van der Waals surface area contributed by atoms with Crippen molar-refractivity contribution in [3.05, 3.63) is 12.7 Å². The molecule has 82 valence electrons. The Balaban J connectivity index is 3.74. The summed E-state index contributed by atoms with van der Waals surface area (Å²) in [4.78, 5) is 11.0. The Hall–Kier alpha value is -0.830. The third-order valence-electron chi connectivity index (χ3n) is 2.36. The summed E-state index contributed by atoms with van der Waals surface area (Å²) < 4.78 is 4.60. The van der Waals surface area contributed by atoms with Crippen LogP contribution in [-0.4, -0.2) is 23.8 Å². The van der Waals surface area contributed by atoms with Crippen molar-refractivity contribution in [1.29, 1.82) is 0 Å². The normalized spacial score (nSPS) is 16.9. The second-order valence-corrected chi connectivity index (χ2v) is 3.88. The van der Waals surface area contributed by atoms with Gasteiger partial charge in [0.2, 0.25) is 0 Å². The van der Waals surface area contributed by atoms with Crippen molar-refractivity contribution in [3.8, 4) is 0 Å². The molecule has 2 unspecified atom stereocenters. The van der Waals surface area contributed by atoms with Crippen LogP contribution in [-0.2, 0) is 9.53 Å². The number of esters is 1. The summed E-state index contributed by atoms with van der Waals surface area (Å²) in [6.45, 7) is 7.08. The van der Waals surface area contributed by atoms with Gasteiger partial charge in [-0.2, -0.15) is 0 Å². The van der Waals surface area contributed by atoms with Gasteiger partial charge in [-0.15, -0.1) is 6.58 Å². The fourth-order valence-corrected chi connectivity index (χ4v) is 1.19. The highest BCUT2D eigenvalue weighted by Crippen LogP contribution is 2.17. The summed E-state index contributed by atoms with van der Waals surface area (Å²) in [5.74, 6) is -0.288. The van der Waals surface area contributed by atoms with Gasteiger partial charge < -0.3 is 9.84 Å². The molecule has 0 saturated carbocycles. The van der Waals surface area contributed by atoms with E-state index in [2.05, 4.69) is 11.3 Å². The first-order chi connectivity index (χ1) is 6.43. The van der Waals surface area contributed by atoms with E-state index in [-0.39, 0.29) is 11.9 Å². The van der Waals surface area contributed by atoms with Crippen LogP contribution in [0.4, 0.5) is 0 Å². The summed E-state index contributed by atoms with van der Waals surface area (Å²) in [6.07, 6.45) is 3.67. The predicted molar refractivity (Wildman–Crippen MR) is 55.9 cm³/mol. The molecule has 14 heavy (non-hydrogen) atoms. The van der Waals surface area contributed by atoms with Crippen molar-refractivity contribution in [2.75, 3.05) is 7.11 Å². The second-order valence-electron chi connectivity index (χ2n) is 3.88. The molecule has 0 aromatic rings. The number of hydrogen-bond acceptors (Lipinski definition) is 3. The molecule has 0 saturated heterocycles. The quantitative estimate of drug-likeness (QED) is 0.526. The van der Waals surface area contributed by atoms with E-state index in [1.165, 1.54) is 13.2 Å². The Morgan fingerprint density at radius 3 is 2.71 bits per heavy atom. The third-order valence-corrected chi connectivity index (χ3v) is 2.36. The van der Waals surface area contributed by atoms with Crippen molar-refractivity contribution in [2.24, 2.45) is 5.92 Å². The Labute approximate surface area is 85.8 Å². The zero-order valence-corrected chi connectivity index (χ0v) is 9.25. The molecule has 1 N–H and O–H groups in total. The molecule has 2 atom stereocenters. The highest BCUT2D eigenvalue weighted by atomic mass is 16.5. The number of hydrogen-bond donors (Lipinski definition) is 1. The standard InChI is InChI=1S/C11H20O3/c1-5-11(3,13)8-6-7-9(2)10(12)14-4/h5,9,13H,1,6-8H2,2-4H3. The zero-order chi connectivity index (χ0) is 11.2. The van der Waals surface area contributed by atoms with Crippen molar-refractivity contribution >= 4 is 5.97 Å². The maximum absolute atomic E-state index is 11.0. The van der Waals surface area contributed by atoms with Gasteiger partial charge in [-0.25, -0.2) is 0 Å². The monoisotopic (exact) mass is 200 g/mol.